The summed E-state index contributed by atoms with van der Waals surface area (Å²) in [4.78, 5) is 13.3. The molecule has 0 aliphatic heterocycles. The largest absolute Gasteiger partial charge is 0.497 e. The molecule has 0 radical (unpaired) electrons. The molecular weight excluding hydrogens is 528 g/mol. The SMILES string of the molecule is COc1ccc(S(=O)(=O)Nc2ccc3c(c2)C(=O)c2cc(NS(=O)(=O)c4ccc(OC)cc4)ccc2-3)cc1. The van der Waals surface area contributed by atoms with E-state index in [4.69, 9.17) is 9.47 Å². The Morgan fingerprint density at radius 3 is 1.24 bits per heavy atom. The maximum Gasteiger partial charge on any atom is 0.261 e. The van der Waals surface area contributed by atoms with Gasteiger partial charge in [-0.15, -0.1) is 0 Å². The van der Waals surface area contributed by atoms with Crippen LogP contribution in [0.25, 0.3) is 11.1 Å². The first-order valence-electron chi connectivity index (χ1n) is 11.3. The Hall–Kier alpha value is -4.35. The van der Waals surface area contributed by atoms with Crippen molar-refractivity contribution < 1.29 is 31.1 Å². The number of benzene rings is 4. The summed E-state index contributed by atoms with van der Waals surface area (Å²) >= 11 is 0. The van der Waals surface area contributed by atoms with E-state index in [2.05, 4.69) is 9.44 Å². The average Bonchev–Trinajstić information content (AvgIpc) is 3.19. The normalized spacial score (nSPS) is 12.4. The monoisotopic (exact) mass is 550 g/mol. The Morgan fingerprint density at radius 2 is 0.895 bits per heavy atom. The van der Waals surface area contributed by atoms with Crippen molar-refractivity contribution in [2.75, 3.05) is 23.7 Å². The fourth-order valence-electron chi connectivity index (χ4n) is 4.14. The molecule has 0 saturated heterocycles. The van der Waals surface area contributed by atoms with Gasteiger partial charge in [-0.3, -0.25) is 14.2 Å². The zero-order valence-electron chi connectivity index (χ0n) is 20.3. The van der Waals surface area contributed by atoms with Crippen LogP contribution in [0, 0.1) is 0 Å². The van der Waals surface area contributed by atoms with E-state index in [1.54, 1.807) is 24.3 Å². The topological polar surface area (TPSA) is 128 Å². The van der Waals surface area contributed by atoms with Gasteiger partial charge in [-0.1, -0.05) is 12.1 Å². The van der Waals surface area contributed by atoms with Gasteiger partial charge in [-0.05, 0) is 83.9 Å². The molecular formula is C27H22N2O7S2. The summed E-state index contributed by atoms with van der Waals surface area (Å²) in [5, 5.41) is 0. The first kappa shape index (κ1) is 25.3. The van der Waals surface area contributed by atoms with E-state index in [1.807, 2.05) is 0 Å². The number of anilines is 2. The summed E-state index contributed by atoms with van der Waals surface area (Å²) in [7, 11) is -4.83. The first-order valence-corrected chi connectivity index (χ1v) is 14.2. The van der Waals surface area contributed by atoms with E-state index in [0.29, 0.717) is 33.8 Å². The predicted molar refractivity (Wildman–Crippen MR) is 143 cm³/mol. The second-order valence-electron chi connectivity index (χ2n) is 8.41. The van der Waals surface area contributed by atoms with Crippen LogP contribution in [0.15, 0.2) is 94.7 Å². The van der Waals surface area contributed by atoms with Crippen LogP contribution in [0.1, 0.15) is 15.9 Å². The van der Waals surface area contributed by atoms with Gasteiger partial charge in [0.25, 0.3) is 20.0 Å². The van der Waals surface area contributed by atoms with Gasteiger partial charge in [0.15, 0.2) is 5.78 Å². The molecule has 194 valence electrons. The number of fused-ring (bicyclic) bond motifs is 3. The fraction of sp³-hybridized carbons (Fsp3) is 0.0741. The molecule has 1 aliphatic carbocycles. The van der Waals surface area contributed by atoms with Crippen molar-refractivity contribution in [1.82, 2.24) is 0 Å². The lowest BCUT2D eigenvalue weighted by Gasteiger charge is -2.10. The second-order valence-corrected chi connectivity index (χ2v) is 11.8. The second kappa shape index (κ2) is 9.51. The first-order chi connectivity index (χ1) is 18.1. The number of carbonyl (C=O) groups is 1. The third-order valence-corrected chi connectivity index (χ3v) is 8.86. The summed E-state index contributed by atoms with van der Waals surface area (Å²) in [6, 6.07) is 21.2. The van der Waals surface area contributed by atoms with Gasteiger partial charge in [0.2, 0.25) is 0 Å². The van der Waals surface area contributed by atoms with Crippen molar-refractivity contribution in [2.45, 2.75) is 9.79 Å². The number of sulfonamides is 2. The maximum atomic E-state index is 13.2. The highest BCUT2D eigenvalue weighted by Crippen LogP contribution is 2.39. The molecule has 0 fully saturated rings. The molecule has 0 saturated carbocycles. The third kappa shape index (κ3) is 4.69. The smallest absolute Gasteiger partial charge is 0.261 e. The van der Waals surface area contributed by atoms with Crippen LogP contribution in [0.4, 0.5) is 11.4 Å². The Kier molecular flexibility index (Phi) is 6.33. The van der Waals surface area contributed by atoms with Crippen molar-refractivity contribution in [3.8, 4) is 22.6 Å². The van der Waals surface area contributed by atoms with Gasteiger partial charge in [-0.2, -0.15) is 0 Å². The third-order valence-electron chi connectivity index (χ3n) is 6.06. The molecule has 38 heavy (non-hydrogen) atoms. The quantitative estimate of drug-likeness (QED) is 0.291. The van der Waals surface area contributed by atoms with Crippen LogP contribution in [-0.4, -0.2) is 36.8 Å². The number of hydrogen-bond donors (Lipinski definition) is 2. The summed E-state index contributed by atoms with van der Waals surface area (Å²) < 4.78 is 66.4. The van der Waals surface area contributed by atoms with Crippen LogP contribution in [0.3, 0.4) is 0 Å². The molecule has 0 amide bonds. The molecule has 4 aromatic rings. The predicted octanol–water partition coefficient (Wildman–Crippen LogP) is 4.52. The van der Waals surface area contributed by atoms with E-state index in [1.165, 1.54) is 74.9 Å². The minimum atomic E-state index is -3.90. The van der Waals surface area contributed by atoms with Crippen molar-refractivity contribution >= 4 is 37.2 Å². The highest BCUT2D eigenvalue weighted by atomic mass is 32.2. The molecule has 4 aromatic carbocycles. The van der Waals surface area contributed by atoms with Gasteiger partial charge >= 0.3 is 0 Å². The van der Waals surface area contributed by atoms with Crippen LogP contribution in [0.5, 0.6) is 11.5 Å². The molecule has 2 N–H and O–H groups in total. The number of rotatable bonds is 8. The van der Waals surface area contributed by atoms with Gasteiger partial charge < -0.3 is 9.47 Å². The molecule has 9 nitrogen and oxygen atoms in total. The number of ketones is 1. The Balaban J connectivity index is 1.39. The van der Waals surface area contributed by atoms with Crippen molar-refractivity contribution in [3.63, 3.8) is 0 Å². The zero-order chi connectivity index (χ0) is 27.1. The lowest BCUT2D eigenvalue weighted by atomic mass is 10.1. The number of methoxy groups -OCH3 is 2. The molecule has 5 rings (SSSR count). The molecule has 0 atom stereocenters. The standard InChI is InChI=1S/C27H22N2O7S2/c1-35-19-5-9-21(10-6-19)37(31,32)28-17-3-13-23-24-14-4-18(16-26(24)27(30)25(23)15-17)29-38(33,34)22-11-7-20(36-2)8-12-22/h3-16,28-29H,1-2H3. The maximum absolute atomic E-state index is 13.2. The van der Waals surface area contributed by atoms with Gasteiger partial charge in [0, 0.05) is 22.5 Å². The highest BCUT2D eigenvalue weighted by molar-refractivity contribution is 7.93. The van der Waals surface area contributed by atoms with E-state index in [-0.39, 0.29) is 26.9 Å². The van der Waals surface area contributed by atoms with Gasteiger partial charge in [0.05, 0.1) is 24.0 Å². The summed E-state index contributed by atoms with van der Waals surface area (Å²) in [5.41, 5.74) is 2.32. The molecule has 0 heterocycles. The molecule has 11 heteroatoms. The molecule has 1 aliphatic rings. The molecule has 0 unspecified atom stereocenters. The Morgan fingerprint density at radius 1 is 0.526 bits per heavy atom. The summed E-state index contributed by atoms with van der Waals surface area (Å²) in [6.07, 6.45) is 0. The lowest BCUT2D eigenvalue weighted by Crippen LogP contribution is -2.13. The summed E-state index contributed by atoms with van der Waals surface area (Å²) in [6.45, 7) is 0. The number of hydrogen-bond acceptors (Lipinski definition) is 7. The van der Waals surface area contributed by atoms with E-state index in [0.717, 1.165) is 0 Å². The van der Waals surface area contributed by atoms with Crippen LogP contribution in [-0.2, 0) is 20.0 Å². The number of nitrogens with one attached hydrogen (secondary N) is 2. The average molecular weight is 551 g/mol. The van der Waals surface area contributed by atoms with Crippen LogP contribution in [0.2, 0.25) is 0 Å². The molecule has 0 aromatic heterocycles. The molecule has 0 bridgehead atoms. The zero-order valence-corrected chi connectivity index (χ0v) is 21.9. The number of ether oxygens (including phenoxy) is 2. The van der Waals surface area contributed by atoms with Crippen LogP contribution >= 0.6 is 0 Å². The van der Waals surface area contributed by atoms with E-state index >= 15 is 0 Å². The lowest BCUT2D eigenvalue weighted by molar-refractivity contribution is 0.104. The molecule has 0 spiro atoms. The minimum absolute atomic E-state index is 0.0437. The minimum Gasteiger partial charge on any atom is -0.497 e. The van der Waals surface area contributed by atoms with Crippen LogP contribution < -0.4 is 18.9 Å². The van der Waals surface area contributed by atoms with Crippen molar-refractivity contribution in [1.29, 1.82) is 0 Å². The highest BCUT2D eigenvalue weighted by Gasteiger charge is 2.28. The van der Waals surface area contributed by atoms with E-state index in [9.17, 15) is 21.6 Å². The van der Waals surface area contributed by atoms with Crippen molar-refractivity contribution in [2.24, 2.45) is 0 Å². The van der Waals surface area contributed by atoms with Crippen molar-refractivity contribution in [3.05, 3.63) is 96.1 Å². The Bertz CT molecular complexity index is 1630. The summed E-state index contributed by atoms with van der Waals surface area (Å²) in [5.74, 6) is 0.706. The van der Waals surface area contributed by atoms with Gasteiger partial charge in [-0.25, -0.2) is 16.8 Å². The van der Waals surface area contributed by atoms with Gasteiger partial charge in [0.1, 0.15) is 11.5 Å². The van der Waals surface area contributed by atoms with E-state index < -0.39 is 20.0 Å². The Labute approximate surface area is 220 Å². The number of carbonyl (C=O) groups excluding carboxylic acids is 1. The fourth-order valence-corrected chi connectivity index (χ4v) is 6.24.